The Labute approximate surface area is 106 Å². The number of ether oxygens (including phenoxy) is 1. The quantitative estimate of drug-likeness (QED) is 0.840. The van der Waals surface area contributed by atoms with Crippen LogP contribution in [-0.2, 0) is 4.79 Å². The van der Waals surface area contributed by atoms with Crippen molar-refractivity contribution in [2.24, 2.45) is 0 Å². The molecule has 2 unspecified atom stereocenters. The van der Waals surface area contributed by atoms with Crippen molar-refractivity contribution in [3.05, 3.63) is 23.8 Å². The average molecular weight is 250 g/mol. The third-order valence-electron chi connectivity index (χ3n) is 2.86. The number of likely N-dealkylation sites (N-methyl/N-ethyl adjacent to an activating group) is 1. The summed E-state index contributed by atoms with van der Waals surface area (Å²) in [6.45, 7) is 2.23. The second-order valence-electron chi connectivity index (χ2n) is 4.78. The third kappa shape index (κ3) is 2.63. The minimum atomic E-state index is -0.582. The van der Waals surface area contributed by atoms with Gasteiger partial charge >= 0.3 is 0 Å². The Morgan fingerprint density at radius 3 is 2.89 bits per heavy atom. The Kier molecular flexibility index (Phi) is 3.54. The highest BCUT2D eigenvalue weighted by Crippen LogP contribution is 2.32. The number of carbonyl (C=O) groups excluding carboxylic acids is 1. The molecule has 0 spiro atoms. The topological polar surface area (TPSA) is 61.8 Å². The average Bonchev–Trinajstić information content (AvgIpc) is 2.29. The lowest BCUT2D eigenvalue weighted by atomic mass is 10.1. The van der Waals surface area contributed by atoms with Gasteiger partial charge in [0.05, 0.1) is 11.8 Å². The molecule has 0 bridgehead atoms. The molecular weight excluding hydrogens is 232 g/mol. The fourth-order valence-corrected chi connectivity index (χ4v) is 1.88. The molecule has 1 heterocycles. The lowest BCUT2D eigenvalue weighted by Crippen LogP contribution is -2.34. The molecule has 0 fully saturated rings. The lowest BCUT2D eigenvalue weighted by molar-refractivity contribution is -0.122. The maximum absolute atomic E-state index is 11.5. The van der Waals surface area contributed by atoms with Crippen LogP contribution in [0.2, 0.25) is 0 Å². The molecule has 0 saturated carbocycles. The molecule has 0 saturated heterocycles. The number of nitrogens with one attached hydrogen (secondary N) is 1. The maximum Gasteiger partial charge on any atom is 0.265 e. The highest BCUT2D eigenvalue weighted by atomic mass is 16.5. The molecular formula is C13H18N2O3. The van der Waals surface area contributed by atoms with E-state index >= 15 is 0 Å². The summed E-state index contributed by atoms with van der Waals surface area (Å²) in [5.74, 6) is 0.477. The minimum absolute atomic E-state index is 0.165. The van der Waals surface area contributed by atoms with Crippen LogP contribution in [0, 0.1) is 0 Å². The molecule has 0 aliphatic carbocycles. The van der Waals surface area contributed by atoms with Crippen LogP contribution in [0.4, 0.5) is 5.69 Å². The molecule has 1 amide bonds. The van der Waals surface area contributed by atoms with Gasteiger partial charge in [-0.1, -0.05) is 6.07 Å². The zero-order valence-electron chi connectivity index (χ0n) is 10.8. The maximum atomic E-state index is 11.5. The van der Waals surface area contributed by atoms with E-state index in [0.717, 1.165) is 5.56 Å². The predicted octanol–water partition coefficient (Wildman–Crippen LogP) is 1.00. The first kappa shape index (κ1) is 12.9. The van der Waals surface area contributed by atoms with Gasteiger partial charge in [0.25, 0.3) is 5.91 Å². The van der Waals surface area contributed by atoms with Gasteiger partial charge in [0.1, 0.15) is 5.75 Å². The molecule has 18 heavy (non-hydrogen) atoms. The number of amides is 1. The van der Waals surface area contributed by atoms with E-state index in [-0.39, 0.29) is 5.91 Å². The summed E-state index contributed by atoms with van der Waals surface area (Å²) >= 11 is 0. The van der Waals surface area contributed by atoms with Crippen molar-refractivity contribution in [1.82, 2.24) is 4.90 Å². The second kappa shape index (κ2) is 4.96. The van der Waals surface area contributed by atoms with E-state index in [1.165, 1.54) is 0 Å². The first-order chi connectivity index (χ1) is 8.47. The van der Waals surface area contributed by atoms with Gasteiger partial charge in [0.2, 0.25) is 0 Å². The van der Waals surface area contributed by atoms with Crippen LogP contribution < -0.4 is 10.1 Å². The van der Waals surface area contributed by atoms with Crippen LogP contribution in [0.1, 0.15) is 18.6 Å². The number of fused-ring (bicyclic) bond motifs is 1. The predicted molar refractivity (Wildman–Crippen MR) is 68.7 cm³/mol. The fraction of sp³-hybridized carbons (Fsp3) is 0.462. The minimum Gasteiger partial charge on any atom is -0.479 e. The Morgan fingerprint density at radius 2 is 2.22 bits per heavy atom. The van der Waals surface area contributed by atoms with E-state index in [1.807, 2.05) is 25.1 Å². The largest absolute Gasteiger partial charge is 0.479 e. The summed E-state index contributed by atoms with van der Waals surface area (Å²) in [6, 6.07) is 5.35. The van der Waals surface area contributed by atoms with Crippen LogP contribution in [0.5, 0.6) is 5.75 Å². The van der Waals surface area contributed by atoms with Gasteiger partial charge < -0.3 is 20.1 Å². The lowest BCUT2D eigenvalue weighted by Gasteiger charge is -2.24. The van der Waals surface area contributed by atoms with Gasteiger partial charge in [-0.2, -0.15) is 0 Å². The van der Waals surface area contributed by atoms with E-state index in [4.69, 9.17) is 4.74 Å². The van der Waals surface area contributed by atoms with E-state index in [2.05, 4.69) is 5.32 Å². The number of anilines is 1. The zero-order chi connectivity index (χ0) is 13.3. The van der Waals surface area contributed by atoms with E-state index < -0.39 is 12.2 Å². The standard InChI is InChI=1S/C13H18N2O3/c1-8-13(17)14-10-6-9(4-5-12(10)18-8)11(16)7-15(2)3/h4-6,8,11,16H,7H2,1-3H3,(H,14,17). The molecule has 2 N–H and O–H groups in total. The Hall–Kier alpha value is -1.59. The molecule has 1 aromatic carbocycles. The van der Waals surface area contributed by atoms with Gasteiger partial charge in [-0.05, 0) is 38.7 Å². The molecule has 5 nitrogen and oxygen atoms in total. The van der Waals surface area contributed by atoms with E-state index in [0.29, 0.717) is 18.0 Å². The second-order valence-corrected chi connectivity index (χ2v) is 4.78. The van der Waals surface area contributed by atoms with Crippen LogP contribution in [0.25, 0.3) is 0 Å². The number of benzene rings is 1. The van der Waals surface area contributed by atoms with Crippen LogP contribution in [0.15, 0.2) is 18.2 Å². The van der Waals surface area contributed by atoms with Crippen molar-refractivity contribution in [3.8, 4) is 5.75 Å². The van der Waals surface area contributed by atoms with Crippen LogP contribution in [-0.4, -0.2) is 42.7 Å². The summed E-state index contributed by atoms with van der Waals surface area (Å²) in [6.07, 6.45) is -1.06. The Morgan fingerprint density at radius 1 is 1.50 bits per heavy atom. The molecule has 5 heteroatoms. The van der Waals surface area contributed by atoms with Crippen molar-refractivity contribution < 1.29 is 14.6 Å². The molecule has 0 aromatic heterocycles. The van der Waals surface area contributed by atoms with Crippen molar-refractivity contribution in [1.29, 1.82) is 0 Å². The molecule has 1 aromatic rings. The summed E-state index contributed by atoms with van der Waals surface area (Å²) in [5.41, 5.74) is 1.38. The normalized spacial score (nSPS) is 20.1. The first-order valence-corrected chi connectivity index (χ1v) is 5.91. The molecule has 1 aliphatic heterocycles. The Bertz CT molecular complexity index is 460. The fourth-order valence-electron chi connectivity index (χ4n) is 1.88. The van der Waals surface area contributed by atoms with Gasteiger partial charge in [-0.25, -0.2) is 0 Å². The monoisotopic (exact) mass is 250 g/mol. The highest BCUT2D eigenvalue weighted by Gasteiger charge is 2.24. The SMILES string of the molecule is CC1Oc2ccc(C(O)CN(C)C)cc2NC1=O. The van der Waals surface area contributed by atoms with E-state index in [9.17, 15) is 9.90 Å². The van der Waals surface area contributed by atoms with Gasteiger partial charge in [-0.15, -0.1) is 0 Å². The Balaban J connectivity index is 2.22. The molecule has 1 aliphatic rings. The number of aliphatic hydroxyl groups excluding tert-OH is 1. The van der Waals surface area contributed by atoms with Crippen molar-refractivity contribution in [2.75, 3.05) is 26.0 Å². The van der Waals surface area contributed by atoms with Crippen molar-refractivity contribution in [2.45, 2.75) is 19.1 Å². The van der Waals surface area contributed by atoms with Crippen LogP contribution >= 0.6 is 0 Å². The number of hydrogen-bond acceptors (Lipinski definition) is 4. The van der Waals surface area contributed by atoms with Gasteiger partial charge in [0.15, 0.2) is 6.10 Å². The van der Waals surface area contributed by atoms with Crippen LogP contribution in [0.3, 0.4) is 0 Å². The molecule has 2 atom stereocenters. The number of hydrogen-bond donors (Lipinski definition) is 2. The summed E-state index contributed by atoms with van der Waals surface area (Å²) in [5, 5.41) is 12.8. The van der Waals surface area contributed by atoms with Gasteiger partial charge in [-0.3, -0.25) is 4.79 Å². The number of rotatable bonds is 3. The summed E-state index contributed by atoms with van der Waals surface area (Å²) < 4.78 is 5.46. The first-order valence-electron chi connectivity index (χ1n) is 5.91. The van der Waals surface area contributed by atoms with Crippen molar-refractivity contribution in [3.63, 3.8) is 0 Å². The summed E-state index contributed by atoms with van der Waals surface area (Å²) in [7, 11) is 3.79. The number of carbonyl (C=O) groups is 1. The summed E-state index contributed by atoms with van der Waals surface area (Å²) in [4.78, 5) is 13.4. The third-order valence-corrected chi connectivity index (χ3v) is 2.86. The smallest absolute Gasteiger partial charge is 0.265 e. The number of aliphatic hydroxyl groups is 1. The molecule has 98 valence electrons. The molecule has 0 radical (unpaired) electrons. The highest BCUT2D eigenvalue weighted by molar-refractivity contribution is 5.97. The van der Waals surface area contributed by atoms with Gasteiger partial charge in [0, 0.05) is 6.54 Å². The van der Waals surface area contributed by atoms with E-state index in [1.54, 1.807) is 19.1 Å². The zero-order valence-corrected chi connectivity index (χ0v) is 10.8. The molecule has 2 rings (SSSR count). The van der Waals surface area contributed by atoms with Crippen molar-refractivity contribution >= 4 is 11.6 Å². The number of nitrogens with zero attached hydrogens (tertiary/aromatic N) is 1.